The van der Waals surface area contributed by atoms with Crippen molar-refractivity contribution in [2.75, 3.05) is 13.6 Å². The van der Waals surface area contributed by atoms with Gasteiger partial charge in [-0.2, -0.15) is 0 Å². The molecule has 1 N–H and O–H groups in total. The number of hydrogen-bond acceptors (Lipinski definition) is 4. The van der Waals surface area contributed by atoms with E-state index in [0.717, 1.165) is 0 Å². The van der Waals surface area contributed by atoms with E-state index in [0.29, 0.717) is 18.7 Å². The Morgan fingerprint density at radius 2 is 2.33 bits per heavy atom. The summed E-state index contributed by atoms with van der Waals surface area (Å²) in [5.41, 5.74) is 2.01. The molecule has 1 amide bonds. The third kappa shape index (κ3) is 3.67. The van der Waals surface area contributed by atoms with Gasteiger partial charge in [-0.25, -0.2) is 4.98 Å². The molecular formula is C9H12N2O3S. The van der Waals surface area contributed by atoms with Crippen LogP contribution in [0.3, 0.4) is 0 Å². The van der Waals surface area contributed by atoms with E-state index in [1.165, 1.54) is 16.2 Å². The van der Waals surface area contributed by atoms with Crippen molar-refractivity contribution < 1.29 is 14.7 Å². The van der Waals surface area contributed by atoms with Crippen molar-refractivity contribution >= 4 is 23.2 Å². The zero-order chi connectivity index (χ0) is 11.3. The van der Waals surface area contributed by atoms with Gasteiger partial charge in [-0.05, 0) is 6.42 Å². The van der Waals surface area contributed by atoms with Crippen LogP contribution in [0.2, 0.25) is 0 Å². The first-order chi connectivity index (χ1) is 7.11. The highest BCUT2D eigenvalue weighted by molar-refractivity contribution is 7.07. The van der Waals surface area contributed by atoms with Crippen LogP contribution in [0.5, 0.6) is 0 Å². The lowest BCUT2D eigenvalue weighted by Crippen LogP contribution is -2.28. The summed E-state index contributed by atoms with van der Waals surface area (Å²) in [7, 11) is 1.64. The number of carbonyl (C=O) groups excluding carboxylic acids is 1. The van der Waals surface area contributed by atoms with Gasteiger partial charge in [-0.15, -0.1) is 11.3 Å². The van der Waals surface area contributed by atoms with Gasteiger partial charge in [0.15, 0.2) is 0 Å². The highest BCUT2D eigenvalue weighted by atomic mass is 32.1. The van der Waals surface area contributed by atoms with Gasteiger partial charge >= 0.3 is 5.97 Å². The van der Waals surface area contributed by atoms with Crippen LogP contribution < -0.4 is 0 Å². The Morgan fingerprint density at radius 3 is 2.87 bits per heavy atom. The second-order valence-electron chi connectivity index (χ2n) is 3.10. The Balaban J connectivity index is 2.37. The molecule has 1 aromatic rings. The van der Waals surface area contributed by atoms with Crippen molar-refractivity contribution in [3.05, 3.63) is 16.6 Å². The van der Waals surface area contributed by atoms with Crippen LogP contribution in [0.4, 0.5) is 0 Å². The molecule has 6 heteroatoms. The van der Waals surface area contributed by atoms with Crippen molar-refractivity contribution in [2.45, 2.75) is 12.8 Å². The van der Waals surface area contributed by atoms with E-state index in [-0.39, 0.29) is 12.3 Å². The van der Waals surface area contributed by atoms with Gasteiger partial charge < -0.3 is 10.0 Å². The van der Waals surface area contributed by atoms with Crippen molar-refractivity contribution in [3.8, 4) is 0 Å². The predicted molar refractivity (Wildman–Crippen MR) is 55.9 cm³/mol. The van der Waals surface area contributed by atoms with E-state index in [1.807, 2.05) is 0 Å². The minimum absolute atomic E-state index is 0.0781. The number of aliphatic carboxylic acids is 1. The topological polar surface area (TPSA) is 70.5 Å². The van der Waals surface area contributed by atoms with Gasteiger partial charge in [0, 0.05) is 25.4 Å². The lowest BCUT2D eigenvalue weighted by molar-refractivity contribution is -0.137. The Bertz CT molecular complexity index is 337. The van der Waals surface area contributed by atoms with Crippen LogP contribution in [-0.2, 0) is 4.79 Å². The highest BCUT2D eigenvalue weighted by Gasteiger charge is 2.13. The third-order valence-corrected chi connectivity index (χ3v) is 2.47. The molecule has 0 aliphatic carbocycles. The molecule has 0 aliphatic heterocycles. The molecule has 0 unspecified atom stereocenters. The summed E-state index contributed by atoms with van der Waals surface area (Å²) in [5, 5.41) is 10.1. The van der Waals surface area contributed by atoms with Crippen molar-refractivity contribution in [1.82, 2.24) is 9.88 Å². The number of hydrogen-bond donors (Lipinski definition) is 1. The third-order valence-electron chi connectivity index (χ3n) is 1.88. The smallest absolute Gasteiger partial charge is 0.303 e. The van der Waals surface area contributed by atoms with Crippen LogP contribution in [0, 0.1) is 0 Å². The molecule has 0 radical (unpaired) electrons. The van der Waals surface area contributed by atoms with Crippen LogP contribution in [0.25, 0.3) is 0 Å². The van der Waals surface area contributed by atoms with Crippen molar-refractivity contribution in [1.29, 1.82) is 0 Å². The van der Waals surface area contributed by atoms with Gasteiger partial charge in [-0.3, -0.25) is 9.59 Å². The zero-order valence-corrected chi connectivity index (χ0v) is 9.16. The van der Waals surface area contributed by atoms with Crippen LogP contribution in [-0.4, -0.2) is 40.5 Å². The lowest BCUT2D eigenvalue weighted by atomic mass is 10.3. The first kappa shape index (κ1) is 11.6. The maximum absolute atomic E-state index is 11.6. The summed E-state index contributed by atoms with van der Waals surface area (Å²) < 4.78 is 0. The zero-order valence-electron chi connectivity index (χ0n) is 8.34. The monoisotopic (exact) mass is 228 g/mol. The number of nitrogens with zero attached hydrogens (tertiary/aromatic N) is 2. The Kier molecular flexibility index (Phi) is 4.23. The fraction of sp³-hybridized carbons (Fsp3) is 0.444. The van der Waals surface area contributed by atoms with E-state index in [9.17, 15) is 9.59 Å². The first-order valence-electron chi connectivity index (χ1n) is 4.46. The normalized spacial score (nSPS) is 9.93. The van der Waals surface area contributed by atoms with Crippen molar-refractivity contribution in [3.63, 3.8) is 0 Å². The average molecular weight is 228 g/mol. The number of amides is 1. The first-order valence-corrected chi connectivity index (χ1v) is 5.41. The molecule has 0 spiro atoms. The predicted octanol–water partition coefficient (Wildman–Crippen LogP) is 1.08. The molecule has 0 saturated carbocycles. The Labute approximate surface area is 91.4 Å². The maximum atomic E-state index is 11.6. The summed E-state index contributed by atoms with van der Waals surface area (Å²) in [6.07, 6.45) is 0.538. The van der Waals surface area contributed by atoms with Crippen LogP contribution in [0.1, 0.15) is 23.3 Å². The molecule has 0 bridgehead atoms. The van der Waals surface area contributed by atoms with Gasteiger partial charge in [0.05, 0.1) is 5.51 Å². The molecule has 0 fully saturated rings. The minimum Gasteiger partial charge on any atom is -0.481 e. The van der Waals surface area contributed by atoms with Crippen LogP contribution >= 0.6 is 11.3 Å². The number of rotatable bonds is 5. The van der Waals surface area contributed by atoms with Crippen molar-refractivity contribution in [2.24, 2.45) is 0 Å². The van der Waals surface area contributed by atoms with Gasteiger partial charge in [-0.1, -0.05) is 0 Å². The fourth-order valence-electron chi connectivity index (χ4n) is 1.08. The van der Waals surface area contributed by atoms with E-state index in [4.69, 9.17) is 5.11 Å². The minimum atomic E-state index is -0.843. The summed E-state index contributed by atoms with van der Waals surface area (Å²) in [5.74, 6) is -1.01. The summed E-state index contributed by atoms with van der Waals surface area (Å²) in [6.45, 7) is 0.433. The number of carboxylic acid groups (broad SMARTS) is 1. The summed E-state index contributed by atoms with van der Waals surface area (Å²) in [6, 6.07) is 0. The second kappa shape index (κ2) is 5.45. The average Bonchev–Trinajstić information content (AvgIpc) is 2.68. The molecule has 1 heterocycles. The standard InChI is InChI=1S/C9H12N2O3S/c1-11(4-2-3-8(12)13)9(14)7-5-15-6-10-7/h5-6H,2-4H2,1H3,(H,12,13). The van der Waals surface area contributed by atoms with E-state index in [1.54, 1.807) is 17.9 Å². The number of aromatic nitrogens is 1. The highest BCUT2D eigenvalue weighted by Crippen LogP contribution is 2.05. The number of carboxylic acids is 1. The van der Waals surface area contributed by atoms with E-state index in [2.05, 4.69) is 4.98 Å². The lowest BCUT2D eigenvalue weighted by Gasteiger charge is -2.14. The number of thiazole rings is 1. The Hall–Kier alpha value is -1.43. The molecule has 82 valence electrons. The Morgan fingerprint density at radius 1 is 1.60 bits per heavy atom. The molecule has 5 nitrogen and oxygen atoms in total. The molecular weight excluding hydrogens is 216 g/mol. The van der Waals surface area contributed by atoms with Gasteiger partial charge in [0.1, 0.15) is 5.69 Å². The molecule has 15 heavy (non-hydrogen) atoms. The summed E-state index contributed by atoms with van der Waals surface area (Å²) in [4.78, 5) is 27.2. The SMILES string of the molecule is CN(CCCC(=O)O)C(=O)c1cscn1. The van der Waals surface area contributed by atoms with E-state index >= 15 is 0 Å². The molecule has 0 aromatic carbocycles. The van der Waals surface area contributed by atoms with Gasteiger partial charge in [0.25, 0.3) is 5.91 Å². The summed E-state index contributed by atoms with van der Waals surface area (Å²) >= 11 is 1.36. The molecule has 0 aliphatic rings. The molecule has 0 saturated heterocycles. The molecule has 1 rings (SSSR count). The van der Waals surface area contributed by atoms with Gasteiger partial charge in [0.2, 0.25) is 0 Å². The second-order valence-corrected chi connectivity index (χ2v) is 3.82. The molecule has 1 aromatic heterocycles. The van der Waals surface area contributed by atoms with Crippen LogP contribution in [0.15, 0.2) is 10.9 Å². The molecule has 0 atom stereocenters. The quantitative estimate of drug-likeness (QED) is 0.818. The fourth-order valence-corrected chi connectivity index (χ4v) is 1.61. The largest absolute Gasteiger partial charge is 0.481 e. The number of carbonyl (C=O) groups is 2. The maximum Gasteiger partial charge on any atom is 0.303 e. The van der Waals surface area contributed by atoms with E-state index < -0.39 is 5.97 Å².